The van der Waals surface area contributed by atoms with Crippen LogP contribution in [0.25, 0.3) is 6.08 Å². The van der Waals surface area contributed by atoms with Crippen molar-refractivity contribution in [2.45, 2.75) is 64.4 Å². The molecule has 0 saturated carbocycles. The molecule has 2 aromatic heterocycles. The van der Waals surface area contributed by atoms with Gasteiger partial charge in [0.15, 0.2) is 0 Å². The van der Waals surface area contributed by atoms with Gasteiger partial charge in [-0.1, -0.05) is 62.4 Å². The standard InChI is InChI=1S/C29H33N3O/c1-2-4-9-14-23-18-24(15-10-5-3-1)31-26(23)19-28-29(33-21-22-12-7-6-8-13-22)20-27(32-28)25-16-11-17-30-25/h6-8,11-13,16-20,30-31H,1-5,9-10,14-15,21H2/b28-19-. The highest BCUT2D eigenvalue weighted by Crippen LogP contribution is 2.28. The van der Waals surface area contributed by atoms with Crippen LogP contribution in [-0.2, 0) is 24.2 Å². The van der Waals surface area contributed by atoms with Gasteiger partial charge in [0.05, 0.1) is 11.4 Å². The van der Waals surface area contributed by atoms with Crippen molar-refractivity contribution in [1.29, 1.82) is 0 Å². The molecule has 0 atom stereocenters. The highest BCUT2D eigenvalue weighted by Gasteiger charge is 2.19. The quantitative estimate of drug-likeness (QED) is 0.437. The van der Waals surface area contributed by atoms with Crippen LogP contribution in [0.5, 0.6) is 0 Å². The van der Waals surface area contributed by atoms with E-state index in [0.717, 1.165) is 41.3 Å². The zero-order valence-corrected chi connectivity index (χ0v) is 19.3. The lowest BCUT2D eigenvalue weighted by molar-refractivity contribution is 0.208. The normalized spacial score (nSPS) is 18.4. The van der Waals surface area contributed by atoms with Gasteiger partial charge < -0.3 is 14.7 Å². The minimum Gasteiger partial charge on any atom is -0.487 e. The average molecular weight is 440 g/mol. The number of ether oxygens (including phenoxy) is 1. The SMILES string of the molecule is C1=C(OCc2ccccc2)/C(=C/c2[nH]c3cc2CCCCCCCCC3)N=C1c1ccc[nH]1. The first-order chi connectivity index (χ1) is 16.3. The van der Waals surface area contributed by atoms with Gasteiger partial charge in [-0.2, -0.15) is 0 Å². The maximum atomic E-state index is 6.27. The summed E-state index contributed by atoms with van der Waals surface area (Å²) < 4.78 is 6.27. The third-order valence-electron chi connectivity index (χ3n) is 6.54. The molecule has 3 aromatic rings. The fourth-order valence-electron chi connectivity index (χ4n) is 4.70. The molecule has 1 aliphatic carbocycles. The number of H-pyrrole nitrogens is 2. The summed E-state index contributed by atoms with van der Waals surface area (Å²) in [7, 11) is 0. The largest absolute Gasteiger partial charge is 0.487 e. The first kappa shape index (κ1) is 21.6. The fraction of sp³-hybridized carbons (Fsp3) is 0.345. The number of fused-ring (bicyclic) bond motifs is 2. The molecule has 0 fully saturated rings. The van der Waals surface area contributed by atoms with E-state index in [0.29, 0.717) is 6.61 Å². The molecule has 0 radical (unpaired) electrons. The fourth-order valence-corrected chi connectivity index (χ4v) is 4.70. The summed E-state index contributed by atoms with van der Waals surface area (Å²) in [6.45, 7) is 0.528. The van der Waals surface area contributed by atoms with Crippen LogP contribution in [0.4, 0.5) is 0 Å². The first-order valence-electron chi connectivity index (χ1n) is 12.4. The third-order valence-corrected chi connectivity index (χ3v) is 6.54. The van der Waals surface area contributed by atoms with E-state index in [2.05, 4.69) is 34.2 Å². The number of benzene rings is 1. The molecule has 0 unspecified atom stereocenters. The highest BCUT2D eigenvalue weighted by molar-refractivity contribution is 6.11. The van der Waals surface area contributed by atoms with Gasteiger partial charge >= 0.3 is 0 Å². The summed E-state index contributed by atoms with van der Waals surface area (Å²) in [4.78, 5) is 11.9. The number of aromatic nitrogens is 2. The second kappa shape index (κ2) is 10.6. The molecular weight excluding hydrogens is 406 g/mol. The lowest BCUT2D eigenvalue weighted by Crippen LogP contribution is -1.95. The predicted octanol–water partition coefficient (Wildman–Crippen LogP) is 7.12. The van der Waals surface area contributed by atoms with Crippen LogP contribution in [0.3, 0.4) is 0 Å². The molecule has 0 spiro atoms. The van der Waals surface area contributed by atoms with Crippen molar-refractivity contribution in [2.24, 2.45) is 4.99 Å². The van der Waals surface area contributed by atoms with E-state index >= 15 is 0 Å². The van der Waals surface area contributed by atoms with E-state index in [1.807, 2.05) is 42.6 Å². The van der Waals surface area contributed by atoms with E-state index in [9.17, 15) is 0 Å². The predicted molar refractivity (Wildman–Crippen MR) is 135 cm³/mol. The number of rotatable bonds is 5. The summed E-state index contributed by atoms with van der Waals surface area (Å²) in [5, 5.41) is 0. The summed E-state index contributed by atoms with van der Waals surface area (Å²) in [6, 6.07) is 16.7. The Morgan fingerprint density at radius 3 is 2.45 bits per heavy atom. The van der Waals surface area contributed by atoms with Crippen LogP contribution < -0.4 is 0 Å². The van der Waals surface area contributed by atoms with Crippen molar-refractivity contribution in [3.63, 3.8) is 0 Å². The molecule has 0 amide bonds. The van der Waals surface area contributed by atoms with Crippen LogP contribution in [0.15, 0.2) is 77.3 Å². The lowest BCUT2D eigenvalue weighted by atomic mass is 10.0. The maximum Gasteiger partial charge on any atom is 0.147 e. The highest BCUT2D eigenvalue weighted by atomic mass is 16.5. The monoisotopic (exact) mass is 439 g/mol. The molecule has 2 bridgehead atoms. The zero-order valence-electron chi connectivity index (χ0n) is 19.3. The Morgan fingerprint density at radius 1 is 0.879 bits per heavy atom. The van der Waals surface area contributed by atoms with E-state index < -0.39 is 0 Å². The van der Waals surface area contributed by atoms with Crippen molar-refractivity contribution in [3.05, 3.63) is 100 Å². The Labute approximate surface area is 196 Å². The summed E-state index contributed by atoms with van der Waals surface area (Å²) in [5.41, 5.74) is 7.89. The van der Waals surface area contributed by atoms with Crippen LogP contribution >= 0.6 is 0 Å². The van der Waals surface area contributed by atoms with E-state index in [-0.39, 0.29) is 0 Å². The summed E-state index contributed by atoms with van der Waals surface area (Å²) in [6.07, 6.45) is 17.7. The van der Waals surface area contributed by atoms with Gasteiger partial charge in [0, 0.05) is 23.7 Å². The van der Waals surface area contributed by atoms with Crippen LogP contribution in [0, 0.1) is 0 Å². The van der Waals surface area contributed by atoms with Crippen molar-refractivity contribution in [3.8, 4) is 0 Å². The van der Waals surface area contributed by atoms with Gasteiger partial charge in [-0.3, -0.25) is 0 Å². The van der Waals surface area contributed by atoms with Gasteiger partial charge in [0.1, 0.15) is 18.1 Å². The van der Waals surface area contributed by atoms with Crippen molar-refractivity contribution < 1.29 is 4.74 Å². The van der Waals surface area contributed by atoms with Crippen LogP contribution in [0.1, 0.15) is 73.2 Å². The van der Waals surface area contributed by atoms with E-state index in [1.54, 1.807) is 0 Å². The average Bonchev–Trinajstić information content (AvgIpc) is 3.57. The van der Waals surface area contributed by atoms with Gasteiger partial charge in [0.25, 0.3) is 0 Å². The van der Waals surface area contributed by atoms with Crippen molar-refractivity contribution in [2.75, 3.05) is 0 Å². The van der Waals surface area contributed by atoms with Crippen LogP contribution in [-0.4, -0.2) is 15.7 Å². The molecule has 4 nitrogen and oxygen atoms in total. The molecule has 33 heavy (non-hydrogen) atoms. The molecule has 0 saturated heterocycles. The number of hydrogen-bond acceptors (Lipinski definition) is 2. The molecule has 3 heterocycles. The van der Waals surface area contributed by atoms with Gasteiger partial charge in [-0.15, -0.1) is 0 Å². The summed E-state index contributed by atoms with van der Waals surface area (Å²) >= 11 is 0. The second-order valence-corrected chi connectivity index (χ2v) is 9.10. The number of aromatic amines is 2. The summed E-state index contributed by atoms with van der Waals surface area (Å²) in [5.74, 6) is 0.823. The van der Waals surface area contributed by atoms with E-state index in [4.69, 9.17) is 9.73 Å². The maximum absolute atomic E-state index is 6.27. The molecule has 2 aliphatic rings. The van der Waals surface area contributed by atoms with Crippen molar-refractivity contribution >= 4 is 11.8 Å². The molecular formula is C29H33N3O. The number of aryl methyl sites for hydroxylation is 2. The van der Waals surface area contributed by atoms with Gasteiger partial charge in [-0.25, -0.2) is 4.99 Å². The number of aliphatic imine (C=N–C) groups is 1. The first-order valence-corrected chi connectivity index (χ1v) is 12.4. The minimum atomic E-state index is 0.528. The Bertz CT molecular complexity index is 1130. The molecule has 4 heteroatoms. The molecule has 5 rings (SSSR count). The Balaban J connectivity index is 1.43. The van der Waals surface area contributed by atoms with Gasteiger partial charge in [-0.05, 0) is 61.1 Å². The van der Waals surface area contributed by atoms with Gasteiger partial charge in [0.2, 0.25) is 0 Å². The zero-order chi connectivity index (χ0) is 22.3. The number of nitrogens with one attached hydrogen (secondary N) is 2. The smallest absolute Gasteiger partial charge is 0.147 e. The minimum absolute atomic E-state index is 0.528. The Hall–Kier alpha value is -3.27. The Morgan fingerprint density at radius 2 is 1.67 bits per heavy atom. The second-order valence-electron chi connectivity index (χ2n) is 9.10. The molecule has 1 aliphatic heterocycles. The number of nitrogens with zero attached hydrogens (tertiary/aromatic N) is 1. The number of hydrogen-bond donors (Lipinski definition) is 2. The topological polar surface area (TPSA) is 53.2 Å². The molecule has 2 N–H and O–H groups in total. The third kappa shape index (κ3) is 5.57. The van der Waals surface area contributed by atoms with Crippen LogP contribution in [0.2, 0.25) is 0 Å². The lowest BCUT2D eigenvalue weighted by Gasteiger charge is -2.08. The molecule has 170 valence electrons. The Kier molecular flexibility index (Phi) is 6.90. The van der Waals surface area contributed by atoms with Crippen molar-refractivity contribution in [1.82, 2.24) is 9.97 Å². The number of allylic oxidation sites excluding steroid dienone is 1. The van der Waals surface area contributed by atoms with E-state index in [1.165, 1.54) is 61.9 Å². The molecule has 1 aromatic carbocycles.